The topological polar surface area (TPSA) is 49.9 Å². The summed E-state index contributed by atoms with van der Waals surface area (Å²) in [6.45, 7) is 7.37. The number of likely N-dealkylation sites (tertiary alicyclic amines) is 1. The highest BCUT2D eigenvalue weighted by Crippen LogP contribution is 2.25. The molecule has 0 radical (unpaired) electrons. The zero-order chi connectivity index (χ0) is 20.3. The van der Waals surface area contributed by atoms with Gasteiger partial charge in [-0.05, 0) is 53.8 Å². The van der Waals surface area contributed by atoms with E-state index < -0.39 is 0 Å². The van der Waals surface area contributed by atoms with Crippen LogP contribution in [0.25, 0.3) is 0 Å². The Kier molecular flexibility index (Phi) is 5.73. The molecular formula is C23H28N2O3. The van der Waals surface area contributed by atoms with Gasteiger partial charge in [-0.3, -0.25) is 14.5 Å². The summed E-state index contributed by atoms with van der Waals surface area (Å²) in [6, 6.07) is 15.1. The van der Waals surface area contributed by atoms with Crippen LogP contribution >= 0.6 is 0 Å². The van der Waals surface area contributed by atoms with Gasteiger partial charge in [-0.25, -0.2) is 0 Å². The van der Waals surface area contributed by atoms with Crippen LogP contribution < -0.4 is 9.64 Å². The molecule has 0 bridgehead atoms. The Morgan fingerprint density at radius 3 is 2.21 bits per heavy atom. The van der Waals surface area contributed by atoms with E-state index in [-0.39, 0.29) is 23.9 Å². The molecule has 2 amide bonds. The van der Waals surface area contributed by atoms with Gasteiger partial charge in [0.1, 0.15) is 12.4 Å². The van der Waals surface area contributed by atoms with Crippen molar-refractivity contribution in [1.82, 2.24) is 4.90 Å². The van der Waals surface area contributed by atoms with Crippen LogP contribution in [0.15, 0.2) is 48.5 Å². The molecule has 0 aliphatic carbocycles. The maximum Gasteiger partial charge on any atom is 0.259 e. The minimum Gasteiger partial charge on any atom is -0.497 e. The molecule has 1 fully saturated rings. The molecule has 0 saturated carbocycles. The Morgan fingerprint density at radius 2 is 1.71 bits per heavy atom. The van der Waals surface area contributed by atoms with Crippen molar-refractivity contribution < 1.29 is 14.3 Å². The van der Waals surface area contributed by atoms with Crippen LogP contribution in [-0.2, 0) is 10.2 Å². The second-order valence-electron chi connectivity index (χ2n) is 8.16. The molecule has 1 saturated heterocycles. The van der Waals surface area contributed by atoms with Crippen molar-refractivity contribution in [3.8, 4) is 5.75 Å². The monoisotopic (exact) mass is 380 g/mol. The number of rotatable bonds is 5. The van der Waals surface area contributed by atoms with E-state index in [9.17, 15) is 9.59 Å². The van der Waals surface area contributed by atoms with Crippen molar-refractivity contribution in [1.29, 1.82) is 0 Å². The van der Waals surface area contributed by atoms with Gasteiger partial charge in [-0.1, -0.05) is 32.9 Å². The van der Waals surface area contributed by atoms with Gasteiger partial charge < -0.3 is 9.64 Å². The first-order valence-electron chi connectivity index (χ1n) is 9.64. The highest BCUT2D eigenvalue weighted by molar-refractivity contribution is 6.06. The van der Waals surface area contributed by atoms with E-state index in [0.717, 1.165) is 17.9 Å². The van der Waals surface area contributed by atoms with E-state index in [0.29, 0.717) is 18.5 Å². The van der Waals surface area contributed by atoms with Gasteiger partial charge in [0, 0.05) is 24.2 Å². The maximum atomic E-state index is 13.3. The van der Waals surface area contributed by atoms with Crippen LogP contribution in [0, 0.1) is 0 Å². The average Bonchev–Trinajstić information content (AvgIpc) is 3.10. The summed E-state index contributed by atoms with van der Waals surface area (Å²) in [4.78, 5) is 28.8. The molecule has 1 heterocycles. The molecule has 148 valence electrons. The van der Waals surface area contributed by atoms with Crippen LogP contribution in [0.2, 0.25) is 0 Å². The summed E-state index contributed by atoms with van der Waals surface area (Å²) in [5.41, 5.74) is 2.55. The van der Waals surface area contributed by atoms with Gasteiger partial charge in [-0.2, -0.15) is 0 Å². The third-order valence-corrected chi connectivity index (χ3v) is 5.11. The summed E-state index contributed by atoms with van der Waals surface area (Å²) < 4.78 is 5.22. The highest BCUT2D eigenvalue weighted by atomic mass is 16.5. The van der Waals surface area contributed by atoms with Gasteiger partial charge in [-0.15, -0.1) is 0 Å². The Bertz CT molecular complexity index is 836. The lowest BCUT2D eigenvalue weighted by atomic mass is 9.86. The zero-order valence-corrected chi connectivity index (χ0v) is 17.1. The lowest BCUT2D eigenvalue weighted by molar-refractivity contribution is -0.127. The second kappa shape index (κ2) is 8.05. The summed E-state index contributed by atoms with van der Waals surface area (Å²) in [5, 5.41) is 0. The Balaban J connectivity index is 1.90. The van der Waals surface area contributed by atoms with Crippen molar-refractivity contribution in [3.05, 3.63) is 59.7 Å². The van der Waals surface area contributed by atoms with Crippen molar-refractivity contribution in [2.45, 2.75) is 39.0 Å². The lowest BCUT2D eigenvalue weighted by Gasteiger charge is -2.28. The number of carbonyl (C=O) groups is 2. The van der Waals surface area contributed by atoms with Crippen LogP contribution in [0.3, 0.4) is 0 Å². The van der Waals surface area contributed by atoms with E-state index >= 15 is 0 Å². The van der Waals surface area contributed by atoms with Gasteiger partial charge >= 0.3 is 0 Å². The minimum atomic E-state index is -0.120. The van der Waals surface area contributed by atoms with Crippen molar-refractivity contribution in [3.63, 3.8) is 0 Å². The first-order chi connectivity index (χ1) is 13.3. The number of ether oxygens (including phenoxy) is 1. The number of anilines is 1. The number of amides is 2. The largest absolute Gasteiger partial charge is 0.497 e. The molecule has 0 unspecified atom stereocenters. The van der Waals surface area contributed by atoms with Crippen LogP contribution in [0.4, 0.5) is 5.69 Å². The summed E-state index contributed by atoms with van der Waals surface area (Å²) >= 11 is 0. The number of benzene rings is 2. The molecule has 28 heavy (non-hydrogen) atoms. The van der Waals surface area contributed by atoms with Crippen molar-refractivity contribution >= 4 is 17.5 Å². The number of carbonyl (C=O) groups excluding carboxylic acids is 2. The van der Waals surface area contributed by atoms with Crippen molar-refractivity contribution in [2.24, 2.45) is 0 Å². The highest BCUT2D eigenvalue weighted by Gasteiger charge is 2.26. The maximum absolute atomic E-state index is 13.3. The molecule has 1 aliphatic heterocycles. The molecule has 5 heteroatoms. The van der Waals surface area contributed by atoms with E-state index in [1.807, 2.05) is 48.5 Å². The zero-order valence-electron chi connectivity index (χ0n) is 17.1. The van der Waals surface area contributed by atoms with Gasteiger partial charge in [0.05, 0.1) is 7.11 Å². The Morgan fingerprint density at radius 1 is 1.07 bits per heavy atom. The van der Waals surface area contributed by atoms with Crippen LogP contribution in [0.1, 0.15) is 49.5 Å². The Labute approximate surface area is 166 Å². The molecule has 0 atom stereocenters. The molecule has 0 aromatic heterocycles. The third kappa shape index (κ3) is 4.35. The Hall–Kier alpha value is -2.82. The molecule has 3 rings (SSSR count). The molecule has 2 aromatic carbocycles. The fourth-order valence-corrected chi connectivity index (χ4v) is 3.32. The molecule has 0 N–H and O–H groups in total. The number of methoxy groups -OCH3 is 1. The molecular weight excluding hydrogens is 352 g/mol. The SMILES string of the molecule is COc1ccc(N(CN2CCCC2=O)C(=O)c2ccc(C(C)(C)C)cc2)cc1. The van der Waals surface area contributed by atoms with Gasteiger partial charge in [0.15, 0.2) is 0 Å². The molecule has 1 aliphatic rings. The van der Waals surface area contributed by atoms with E-state index in [1.165, 1.54) is 5.56 Å². The number of hydrogen-bond donors (Lipinski definition) is 0. The predicted octanol–water partition coefficient (Wildman–Crippen LogP) is 4.22. The summed E-state index contributed by atoms with van der Waals surface area (Å²) in [5.74, 6) is 0.697. The summed E-state index contributed by atoms with van der Waals surface area (Å²) in [7, 11) is 1.61. The fraction of sp³-hybridized carbons (Fsp3) is 0.391. The number of hydrogen-bond acceptors (Lipinski definition) is 3. The van der Waals surface area contributed by atoms with Crippen LogP contribution in [-0.4, -0.2) is 37.0 Å². The molecule has 0 spiro atoms. The normalized spacial score (nSPS) is 14.3. The van der Waals surface area contributed by atoms with Gasteiger partial charge in [0.2, 0.25) is 5.91 Å². The lowest BCUT2D eigenvalue weighted by Crippen LogP contribution is -2.42. The first-order valence-corrected chi connectivity index (χ1v) is 9.64. The summed E-state index contributed by atoms with van der Waals surface area (Å²) in [6.07, 6.45) is 1.38. The standard InChI is InChI=1S/C23H28N2O3/c1-23(2,3)18-9-7-17(8-10-18)22(27)25(16-24-15-5-6-21(24)26)19-11-13-20(28-4)14-12-19/h7-14H,5-6,15-16H2,1-4H3. The average molecular weight is 380 g/mol. The molecule has 5 nitrogen and oxygen atoms in total. The predicted molar refractivity (Wildman–Crippen MR) is 111 cm³/mol. The third-order valence-electron chi connectivity index (χ3n) is 5.11. The van der Waals surface area contributed by atoms with E-state index in [1.54, 1.807) is 16.9 Å². The second-order valence-corrected chi connectivity index (χ2v) is 8.16. The number of nitrogens with zero attached hydrogens (tertiary/aromatic N) is 2. The minimum absolute atomic E-state index is 0.0270. The van der Waals surface area contributed by atoms with Crippen molar-refractivity contribution in [2.75, 3.05) is 25.2 Å². The van der Waals surface area contributed by atoms with E-state index in [4.69, 9.17) is 4.74 Å². The smallest absolute Gasteiger partial charge is 0.259 e. The quantitative estimate of drug-likeness (QED) is 0.780. The first kappa shape index (κ1) is 19.9. The fourth-order valence-electron chi connectivity index (χ4n) is 3.32. The van der Waals surface area contributed by atoms with E-state index in [2.05, 4.69) is 20.8 Å². The van der Waals surface area contributed by atoms with Gasteiger partial charge in [0.25, 0.3) is 5.91 Å². The molecule has 2 aromatic rings. The van der Waals surface area contributed by atoms with Crippen LogP contribution in [0.5, 0.6) is 5.75 Å².